The third-order valence-corrected chi connectivity index (χ3v) is 6.05. The molecule has 0 atom stereocenters. The maximum absolute atomic E-state index is 13.3. The van der Waals surface area contributed by atoms with E-state index < -0.39 is 11.6 Å². The first kappa shape index (κ1) is 20.7. The first-order valence-corrected chi connectivity index (χ1v) is 11.2. The van der Waals surface area contributed by atoms with Crippen LogP contribution in [0, 0.1) is 6.92 Å². The van der Waals surface area contributed by atoms with E-state index in [0.717, 1.165) is 21.7 Å². The van der Waals surface area contributed by atoms with E-state index in [0.29, 0.717) is 5.69 Å². The Bertz CT molecular complexity index is 1450. The third-order valence-electron chi connectivity index (χ3n) is 5.16. The largest absolute Gasteiger partial charge is 0.345 e. The molecule has 2 N–H and O–H groups in total. The summed E-state index contributed by atoms with van der Waals surface area (Å²) in [5.74, 6) is -0.138. The number of nitrogens with one attached hydrogen (secondary N) is 2. The van der Waals surface area contributed by atoms with Gasteiger partial charge in [0.2, 0.25) is 11.8 Å². The Morgan fingerprint density at radius 3 is 2.58 bits per heavy atom. The van der Waals surface area contributed by atoms with Gasteiger partial charge in [-0.05, 0) is 36.1 Å². The van der Waals surface area contributed by atoms with Crippen molar-refractivity contribution in [3.05, 3.63) is 106 Å². The van der Waals surface area contributed by atoms with Crippen LogP contribution in [0.5, 0.6) is 0 Å². The number of carbonyl (C=O) groups is 1. The van der Waals surface area contributed by atoms with Gasteiger partial charge in [0.25, 0.3) is 5.91 Å². The topological polar surface area (TPSA) is 97.6 Å². The van der Waals surface area contributed by atoms with Crippen molar-refractivity contribution < 1.29 is 4.79 Å². The van der Waals surface area contributed by atoms with Crippen LogP contribution < -0.4 is 11.0 Å². The summed E-state index contributed by atoms with van der Waals surface area (Å²) >= 11 is 1.55. The summed E-state index contributed by atoms with van der Waals surface area (Å²) in [6.45, 7) is 2.28. The number of hydrogen-bond acceptors (Lipinski definition) is 5. The summed E-state index contributed by atoms with van der Waals surface area (Å²) in [6, 6.07) is 21.2. The zero-order chi connectivity index (χ0) is 22.8. The van der Waals surface area contributed by atoms with Gasteiger partial charge in [-0.15, -0.1) is 16.4 Å². The lowest BCUT2D eigenvalue weighted by atomic mass is 10.2. The number of thiophene rings is 1. The van der Waals surface area contributed by atoms with Gasteiger partial charge in [-0.25, -0.2) is 14.9 Å². The van der Waals surface area contributed by atoms with Gasteiger partial charge >= 0.3 is 5.69 Å². The number of hydrogen-bond donors (Lipinski definition) is 2. The lowest BCUT2D eigenvalue weighted by Crippen LogP contribution is -2.24. The van der Waals surface area contributed by atoms with Gasteiger partial charge in [0.15, 0.2) is 0 Å². The van der Waals surface area contributed by atoms with E-state index in [1.165, 1.54) is 4.57 Å². The van der Waals surface area contributed by atoms with Crippen LogP contribution in [0.4, 0.5) is 5.95 Å². The number of benzene rings is 2. The Hall–Kier alpha value is -4.24. The molecule has 1 amide bonds. The molecule has 3 heterocycles. The van der Waals surface area contributed by atoms with Crippen LogP contribution in [0.3, 0.4) is 0 Å². The number of rotatable bonds is 6. The zero-order valence-electron chi connectivity index (χ0n) is 17.7. The van der Waals surface area contributed by atoms with Crippen LogP contribution in [0.2, 0.25) is 0 Å². The molecule has 0 bridgehead atoms. The van der Waals surface area contributed by atoms with Crippen molar-refractivity contribution in [2.75, 3.05) is 5.32 Å². The molecule has 5 rings (SSSR count). The van der Waals surface area contributed by atoms with Gasteiger partial charge in [-0.2, -0.15) is 0 Å². The van der Waals surface area contributed by atoms with Gasteiger partial charge in [0, 0.05) is 11.9 Å². The molecule has 0 radical (unpaired) electrons. The molecular weight excluding hydrogens is 436 g/mol. The minimum absolute atomic E-state index is 0.130. The molecule has 0 fully saturated rings. The van der Waals surface area contributed by atoms with Crippen LogP contribution in [0.15, 0.2) is 83.1 Å². The molecule has 0 saturated carbocycles. The lowest BCUT2D eigenvalue weighted by Gasteiger charge is -2.09. The van der Waals surface area contributed by atoms with Crippen molar-refractivity contribution in [3.8, 4) is 16.3 Å². The Morgan fingerprint density at radius 2 is 1.85 bits per heavy atom. The van der Waals surface area contributed by atoms with Crippen molar-refractivity contribution in [1.82, 2.24) is 24.3 Å². The molecule has 0 aliphatic rings. The average molecular weight is 457 g/mol. The molecule has 2 aromatic carbocycles. The standard InChI is InChI=1S/C24H20N6O2S/c1-16-9-11-18(12-10-16)29-15-19(20-8-5-13-33-20)25-21(29)22(31)26-23-27-28-24(32)30(23)14-17-6-3-2-4-7-17/h2-13,15H,14H2,1H3,(H,28,32)(H,26,27,31). The summed E-state index contributed by atoms with van der Waals surface area (Å²) in [4.78, 5) is 31.2. The molecule has 0 unspecified atom stereocenters. The number of aryl methyl sites for hydroxylation is 1. The Kier molecular flexibility index (Phi) is 5.45. The van der Waals surface area contributed by atoms with Crippen LogP contribution in [-0.2, 0) is 6.54 Å². The average Bonchev–Trinajstić information content (AvgIpc) is 3.57. The van der Waals surface area contributed by atoms with Crippen LogP contribution in [0.25, 0.3) is 16.3 Å². The van der Waals surface area contributed by atoms with E-state index in [1.807, 2.05) is 85.2 Å². The smallest absolute Gasteiger partial charge is 0.295 e. The molecule has 0 spiro atoms. The van der Waals surface area contributed by atoms with Crippen molar-refractivity contribution in [1.29, 1.82) is 0 Å². The molecule has 164 valence electrons. The highest BCUT2D eigenvalue weighted by atomic mass is 32.1. The van der Waals surface area contributed by atoms with Crippen molar-refractivity contribution in [2.45, 2.75) is 13.5 Å². The monoisotopic (exact) mass is 456 g/mol. The van der Waals surface area contributed by atoms with Crippen molar-refractivity contribution >= 4 is 23.2 Å². The summed E-state index contributed by atoms with van der Waals surface area (Å²) in [5, 5.41) is 11.1. The second-order valence-corrected chi connectivity index (χ2v) is 8.46. The highest BCUT2D eigenvalue weighted by molar-refractivity contribution is 7.13. The quantitative estimate of drug-likeness (QED) is 0.402. The number of H-pyrrole nitrogens is 1. The predicted molar refractivity (Wildman–Crippen MR) is 128 cm³/mol. The molecule has 33 heavy (non-hydrogen) atoms. The maximum Gasteiger partial charge on any atom is 0.345 e. The SMILES string of the molecule is Cc1ccc(-n2cc(-c3cccs3)nc2C(=O)Nc2n[nH]c(=O)n2Cc2ccccc2)cc1. The van der Waals surface area contributed by atoms with Gasteiger partial charge in [0.05, 0.1) is 17.1 Å². The van der Waals surface area contributed by atoms with Crippen molar-refractivity contribution in [2.24, 2.45) is 0 Å². The molecule has 0 aliphatic heterocycles. The normalized spacial score (nSPS) is 10.9. The molecule has 9 heteroatoms. The first-order chi connectivity index (χ1) is 16.1. The summed E-state index contributed by atoms with van der Waals surface area (Å²) < 4.78 is 3.13. The molecule has 0 aliphatic carbocycles. The van der Waals surface area contributed by atoms with E-state index in [-0.39, 0.29) is 18.3 Å². The Morgan fingerprint density at radius 1 is 1.06 bits per heavy atom. The fourth-order valence-corrected chi connectivity index (χ4v) is 4.15. The number of carbonyl (C=O) groups excluding carboxylic acids is 1. The van der Waals surface area contributed by atoms with E-state index in [1.54, 1.807) is 15.9 Å². The minimum Gasteiger partial charge on any atom is -0.295 e. The molecule has 3 aromatic heterocycles. The summed E-state index contributed by atoms with van der Waals surface area (Å²) in [5.41, 5.74) is 3.13. The molecule has 5 aromatic rings. The summed E-state index contributed by atoms with van der Waals surface area (Å²) in [7, 11) is 0. The third kappa shape index (κ3) is 4.26. The Labute approximate surface area is 193 Å². The Balaban J connectivity index is 1.50. The molecule has 8 nitrogen and oxygen atoms in total. The van der Waals surface area contributed by atoms with Crippen molar-refractivity contribution in [3.63, 3.8) is 0 Å². The molecule has 0 saturated heterocycles. The number of aromatic nitrogens is 5. The second-order valence-electron chi connectivity index (χ2n) is 7.51. The summed E-state index contributed by atoms with van der Waals surface area (Å²) in [6.07, 6.45) is 1.84. The van der Waals surface area contributed by atoms with Crippen LogP contribution >= 0.6 is 11.3 Å². The van der Waals surface area contributed by atoms with E-state index in [2.05, 4.69) is 20.5 Å². The fourth-order valence-electron chi connectivity index (χ4n) is 3.47. The number of amides is 1. The number of aromatic amines is 1. The van der Waals surface area contributed by atoms with Crippen LogP contribution in [-0.4, -0.2) is 30.2 Å². The predicted octanol–water partition coefficient (Wildman–Crippen LogP) is 4.09. The van der Waals surface area contributed by atoms with Gasteiger partial charge in [-0.3, -0.25) is 19.2 Å². The number of imidazole rings is 1. The zero-order valence-corrected chi connectivity index (χ0v) is 18.5. The van der Waals surface area contributed by atoms with Gasteiger partial charge < -0.3 is 0 Å². The number of anilines is 1. The lowest BCUT2D eigenvalue weighted by molar-refractivity contribution is 0.101. The first-order valence-electron chi connectivity index (χ1n) is 10.3. The van der Waals surface area contributed by atoms with E-state index in [9.17, 15) is 9.59 Å². The minimum atomic E-state index is -0.466. The van der Waals surface area contributed by atoms with E-state index >= 15 is 0 Å². The maximum atomic E-state index is 13.3. The van der Waals surface area contributed by atoms with Crippen LogP contribution in [0.1, 0.15) is 21.7 Å². The highest BCUT2D eigenvalue weighted by Gasteiger charge is 2.21. The second kappa shape index (κ2) is 8.71. The fraction of sp³-hybridized carbons (Fsp3) is 0.0833. The molecular formula is C24H20N6O2S. The number of nitrogens with zero attached hydrogens (tertiary/aromatic N) is 4. The van der Waals surface area contributed by atoms with Gasteiger partial charge in [0.1, 0.15) is 0 Å². The highest BCUT2D eigenvalue weighted by Crippen LogP contribution is 2.26. The van der Waals surface area contributed by atoms with E-state index in [4.69, 9.17) is 0 Å². The van der Waals surface area contributed by atoms with Gasteiger partial charge in [-0.1, -0.05) is 54.1 Å².